The Kier molecular flexibility index (Phi) is 3.32. The lowest BCUT2D eigenvalue weighted by molar-refractivity contribution is -0.137. The zero-order chi connectivity index (χ0) is 13.2. The van der Waals surface area contributed by atoms with Crippen LogP contribution in [0.3, 0.4) is 0 Å². The molecule has 96 valence electrons. The summed E-state index contributed by atoms with van der Waals surface area (Å²) >= 11 is 0. The van der Waals surface area contributed by atoms with Crippen LogP contribution < -0.4 is 5.43 Å². The van der Waals surface area contributed by atoms with Crippen LogP contribution in [0.15, 0.2) is 48.8 Å². The van der Waals surface area contributed by atoms with Crippen LogP contribution in [0.1, 0.15) is 24.1 Å². The number of hydrogen-bond acceptors (Lipinski definition) is 1. The van der Waals surface area contributed by atoms with Gasteiger partial charge >= 0.3 is 6.18 Å². The van der Waals surface area contributed by atoms with E-state index in [2.05, 4.69) is 5.43 Å². The van der Waals surface area contributed by atoms with Crippen molar-refractivity contribution >= 4 is 0 Å². The Morgan fingerprint density at radius 1 is 1.06 bits per heavy atom. The first kappa shape index (κ1) is 12.5. The normalized spacial score (nSPS) is 13.3. The fraction of sp³-hybridized carbons (Fsp3) is 0.231. The number of benzene rings is 1. The molecule has 18 heavy (non-hydrogen) atoms. The van der Waals surface area contributed by atoms with Crippen LogP contribution in [0.2, 0.25) is 0 Å². The van der Waals surface area contributed by atoms with E-state index in [1.807, 2.05) is 31.5 Å². The van der Waals surface area contributed by atoms with Gasteiger partial charge in [0.1, 0.15) is 0 Å². The molecule has 0 amide bonds. The molecule has 1 aromatic heterocycles. The van der Waals surface area contributed by atoms with Gasteiger partial charge < -0.3 is 5.43 Å². The highest BCUT2D eigenvalue weighted by molar-refractivity contribution is 5.27. The van der Waals surface area contributed by atoms with E-state index in [1.165, 1.54) is 12.1 Å². The van der Waals surface area contributed by atoms with E-state index in [0.717, 1.165) is 17.7 Å². The second-order valence-corrected chi connectivity index (χ2v) is 4.06. The van der Waals surface area contributed by atoms with Gasteiger partial charge in [0.05, 0.1) is 11.6 Å². The second kappa shape index (κ2) is 4.76. The maximum Gasteiger partial charge on any atom is 0.416 e. The number of alkyl halides is 3. The lowest BCUT2D eigenvalue weighted by atomic mass is 10.1. The third-order valence-electron chi connectivity index (χ3n) is 2.69. The Morgan fingerprint density at radius 2 is 1.61 bits per heavy atom. The summed E-state index contributed by atoms with van der Waals surface area (Å²) in [6, 6.07) is 8.85. The largest absolute Gasteiger partial charge is 0.416 e. The first-order chi connectivity index (χ1) is 8.47. The van der Waals surface area contributed by atoms with Crippen molar-refractivity contribution in [2.24, 2.45) is 0 Å². The van der Waals surface area contributed by atoms with Crippen molar-refractivity contribution in [2.45, 2.75) is 19.1 Å². The van der Waals surface area contributed by atoms with Crippen molar-refractivity contribution in [3.63, 3.8) is 0 Å². The molecule has 1 aromatic carbocycles. The summed E-state index contributed by atoms with van der Waals surface area (Å²) in [6.45, 7) is 1.89. The van der Waals surface area contributed by atoms with E-state index in [9.17, 15) is 13.2 Å². The van der Waals surface area contributed by atoms with Crippen molar-refractivity contribution in [1.29, 1.82) is 0 Å². The molecule has 1 heterocycles. The zero-order valence-electron chi connectivity index (χ0n) is 9.78. The smallest absolute Gasteiger partial charge is 0.319 e. The van der Waals surface area contributed by atoms with Gasteiger partial charge in [0.15, 0.2) is 0 Å². The van der Waals surface area contributed by atoms with E-state index >= 15 is 0 Å². The molecule has 5 heteroatoms. The summed E-state index contributed by atoms with van der Waals surface area (Å²) in [4.78, 5) is 0. The van der Waals surface area contributed by atoms with Gasteiger partial charge in [0.25, 0.3) is 0 Å². The summed E-state index contributed by atoms with van der Waals surface area (Å²) in [5.74, 6) is 0. The minimum Gasteiger partial charge on any atom is -0.319 e. The summed E-state index contributed by atoms with van der Waals surface area (Å²) in [5, 5.41) is 0. The van der Waals surface area contributed by atoms with E-state index in [1.54, 1.807) is 4.68 Å². The number of nitrogens with one attached hydrogen (secondary N) is 1. The number of hydrogen-bond donors (Lipinski definition) is 1. The van der Waals surface area contributed by atoms with E-state index in [0.29, 0.717) is 0 Å². The van der Waals surface area contributed by atoms with Gasteiger partial charge in [-0.1, -0.05) is 12.1 Å². The number of aromatic nitrogens is 1. The molecule has 0 bridgehead atoms. The maximum absolute atomic E-state index is 12.4. The maximum atomic E-state index is 12.4. The average molecular weight is 254 g/mol. The summed E-state index contributed by atoms with van der Waals surface area (Å²) in [5.41, 5.74) is 3.31. The molecule has 1 N–H and O–H groups in total. The Hall–Kier alpha value is -1.91. The van der Waals surface area contributed by atoms with Crippen LogP contribution in [0.25, 0.3) is 0 Å². The lowest BCUT2D eigenvalue weighted by Crippen LogP contribution is -2.17. The topological polar surface area (TPSA) is 17.0 Å². The van der Waals surface area contributed by atoms with Gasteiger partial charge in [-0.15, -0.1) is 0 Å². The van der Waals surface area contributed by atoms with Crippen molar-refractivity contribution < 1.29 is 13.2 Å². The molecule has 1 unspecified atom stereocenters. The monoisotopic (exact) mass is 254 g/mol. The molecular weight excluding hydrogens is 241 g/mol. The van der Waals surface area contributed by atoms with Crippen LogP contribution >= 0.6 is 0 Å². The lowest BCUT2D eigenvalue weighted by Gasteiger charge is -2.17. The molecule has 0 spiro atoms. The Labute approximate surface area is 103 Å². The minimum absolute atomic E-state index is 0.0697. The van der Waals surface area contributed by atoms with E-state index < -0.39 is 11.7 Å². The molecule has 2 nitrogen and oxygen atoms in total. The van der Waals surface area contributed by atoms with Crippen LogP contribution in [0, 0.1) is 0 Å². The number of halogens is 3. The third-order valence-corrected chi connectivity index (χ3v) is 2.69. The molecule has 0 radical (unpaired) electrons. The predicted molar refractivity (Wildman–Crippen MR) is 63.7 cm³/mol. The fourth-order valence-corrected chi connectivity index (χ4v) is 1.68. The highest BCUT2D eigenvalue weighted by Crippen LogP contribution is 2.29. The first-order valence-corrected chi connectivity index (χ1v) is 5.53. The van der Waals surface area contributed by atoms with Gasteiger partial charge in [-0.3, -0.25) is 4.68 Å². The molecule has 2 aromatic rings. The van der Waals surface area contributed by atoms with Crippen molar-refractivity contribution in [3.05, 3.63) is 59.9 Å². The van der Waals surface area contributed by atoms with E-state index in [4.69, 9.17) is 0 Å². The molecular formula is C13H13F3N2. The van der Waals surface area contributed by atoms with Gasteiger partial charge in [-0.2, -0.15) is 13.2 Å². The van der Waals surface area contributed by atoms with E-state index in [-0.39, 0.29) is 6.04 Å². The van der Waals surface area contributed by atoms with Crippen LogP contribution in [-0.2, 0) is 6.18 Å². The number of rotatable bonds is 3. The first-order valence-electron chi connectivity index (χ1n) is 5.53. The Bertz CT molecular complexity index is 486. The van der Waals surface area contributed by atoms with Gasteiger partial charge in [0, 0.05) is 12.4 Å². The van der Waals surface area contributed by atoms with Crippen molar-refractivity contribution in [1.82, 2.24) is 4.68 Å². The van der Waals surface area contributed by atoms with Crippen LogP contribution in [0.4, 0.5) is 13.2 Å². The average Bonchev–Trinajstić information content (AvgIpc) is 2.81. The van der Waals surface area contributed by atoms with Gasteiger partial charge in [0.2, 0.25) is 0 Å². The quantitative estimate of drug-likeness (QED) is 0.881. The molecule has 0 saturated carbocycles. The SMILES string of the molecule is CC(Nn1cccc1)c1ccc(C(F)(F)F)cc1. The van der Waals surface area contributed by atoms with Crippen molar-refractivity contribution in [3.8, 4) is 0 Å². The summed E-state index contributed by atoms with van der Waals surface area (Å²) < 4.78 is 39.0. The molecule has 0 saturated heterocycles. The number of nitrogens with zero attached hydrogens (tertiary/aromatic N) is 1. The summed E-state index contributed by atoms with van der Waals surface area (Å²) in [7, 11) is 0. The van der Waals surface area contributed by atoms with Gasteiger partial charge in [-0.25, -0.2) is 0 Å². The van der Waals surface area contributed by atoms with Gasteiger partial charge in [-0.05, 0) is 36.8 Å². The minimum atomic E-state index is -4.28. The molecule has 1 atom stereocenters. The Balaban J connectivity index is 2.10. The van der Waals surface area contributed by atoms with Crippen LogP contribution in [0.5, 0.6) is 0 Å². The summed E-state index contributed by atoms with van der Waals surface area (Å²) in [6.07, 6.45) is -0.614. The second-order valence-electron chi connectivity index (χ2n) is 4.06. The molecule has 2 rings (SSSR count). The zero-order valence-corrected chi connectivity index (χ0v) is 9.78. The van der Waals surface area contributed by atoms with Crippen LogP contribution in [-0.4, -0.2) is 4.68 Å². The predicted octanol–water partition coefficient (Wildman–Crippen LogP) is 3.81. The third kappa shape index (κ3) is 2.85. The standard InChI is InChI=1S/C13H13F3N2/c1-10(17-18-8-2-3-9-18)11-4-6-12(7-5-11)13(14,15)16/h2-10,17H,1H3. The molecule has 0 aliphatic carbocycles. The highest BCUT2D eigenvalue weighted by Gasteiger charge is 2.30. The highest BCUT2D eigenvalue weighted by atomic mass is 19.4. The molecule has 0 aliphatic rings. The molecule has 0 fully saturated rings. The fourth-order valence-electron chi connectivity index (χ4n) is 1.68. The Morgan fingerprint density at radius 3 is 2.11 bits per heavy atom. The molecule has 0 aliphatic heterocycles. The van der Waals surface area contributed by atoms with Crippen molar-refractivity contribution in [2.75, 3.05) is 5.43 Å².